The number of rotatable bonds is 1. The van der Waals surface area contributed by atoms with Gasteiger partial charge in [-0.15, -0.1) is 12.4 Å². The maximum Gasteiger partial charge on any atom is 0.0326 e. The molecule has 2 aliphatic heterocycles. The normalized spacial score (nSPS) is 27.9. The molecule has 2 heteroatoms. The second kappa shape index (κ2) is 5.03. The Morgan fingerprint density at radius 3 is 2.62 bits per heavy atom. The Bertz CT molecular complexity index is 372. The van der Waals surface area contributed by atoms with Gasteiger partial charge in [0, 0.05) is 12.1 Å². The fraction of sp³-hybridized carbons (Fsp3) is 0.429. The molecule has 1 aromatic rings. The predicted octanol–water partition coefficient (Wildman–Crippen LogP) is 3.41. The van der Waals surface area contributed by atoms with Crippen LogP contribution in [-0.4, -0.2) is 12.1 Å². The highest BCUT2D eigenvalue weighted by Crippen LogP contribution is 2.31. The summed E-state index contributed by atoms with van der Waals surface area (Å²) in [6.07, 6.45) is 7.65. The predicted molar refractivity (Wildman–Crippen MR) is 70.8 cm³/mol. The van der Waals surface area contributed by atoms with E-state index in [0.29, 0.717) is 6.04 Å². The molecule has 0 spiro atoms. The number of nitrogens with one attached hydrogen (secondary N) is 1. The van der Waals surface area contributed by atoms with Gasteiger partial charge in [0.1, 0.15) is 0 Å². The van der Waals surface area contributed by atoms with Gasteiger partial charge in [0.15, 0.2) is 0 Å². The van der Waals surface area contributed by atoms with Crippen molar-refractivity contribution in [2.75, 3.05) is 0 Å². The zero-order chi connectivity index (χ0) is 10.1. The second-order valence-corrected chi connectivity index (χ2v) is 4.60. The highest BCUT2D eigenvalue weighted by atomic mass is 35.5. The molecule has 0 saturated carbocycles. The molecular formula is C14H18ClN. The Labute approximate surface area is 103 Å². The average molecular weight is 236 g/mol. The van der Waals surface area contributed by atoms with Gasteiger partial charge in [-0.3, -0.25) is 0 Å². The molecule has 0 amide bonds. The van der Waals surface area contributed by atoms with Crippen LogP contribution >= 0.6 is 12.4 Å². The van der Waals surface area contributed by atoms with Crippen molar-refractivity contribution in [2.45, 2.75) is 37.8 Å². The van der Waals surface area contributed by atoms with Crippen LogP contribution in [0.15, 0.2) is 36.4 Å². The van der Waals surface area contributed by atoms with Crippen LogP contribution in [0.25, 0.3) is 5.57 Å². The van der Waals surface area contributed by atoms with Crippen molar-refractivity contribution in [3.63, 3.8) is 0 Å². The van der Waals surface area contributed by atoms with E-state index in [2.05, 4.69) is 41.7 Å². The SMILES string of the molecule is C1=C(c2ccccc2)C2CCC(CC1)N2.Cl. The molecule has 3 rings (SSSR count). The van der Waals surface area contributed by atoms with Gasteiger partial charge < -0.3 is 5.32 Å². The number of hydrogen-bond donors (Lipinski definition) is 1. The van der Waals surface area contributed by atoms with Crippen LogP contribution in [0.3, 0.4) is 0 Å². The quantitative estimate of drug-likeness (QED) is 0.787. The van der Waals surface area contributed by atoms with E-state index in [-0.39, 0.29) is 12.4 Å². The highest BCUT2D eigenvalue weighted by molar-refractivity contribution is 5.85. The first-order valence-corrected chi connectivity index (χ1v) is 5.95. The molecule has 2 aliphatic rings. The fourth-order valence-electron chi connectivity index (χ4n) is 2.82. The maximum absolute atomic E-state index is 3.73. The van der Waals surface area contributed by atoms with Crippen molar-refractivity contribution in [3.05, 3.63) is 42.0 Å². The summed E-state index contributed by atoms with van der Waals surface area (Å²) in [5, 5.41) is 3.73. The van der Waals surface area contributed by atoms with Crippen LogP contribution < -0.4 is 5.32 Å². The van der Waals surface area contributed by atoms with E-state index >= 15 is 0 Å². The summed E-state index contributed by atoms with van der Waals surface area (Å²) in [5.41, 5.74) is 2.92. The lowest BCUT2D eigenvalue weighted by Gasteiger charge is -2.15. The molecule has 1 aromatic carbocycles. The first kappa shape index (κ1) is 11.7. The van der Waals surface area contributed by atoms with Crippen molar-refractivity contribution in [3.8, 4) is 0 Å². The molecule has 86 valence electrons. The van der Waals surface area contributed by atoms with Crippen LogP contribution in [0.4, 0.5) is 0 Å². The van der Waals surface area contributed by atoms with Crippen LogP contribution in [0.2, 0.25) is 0 Å². The zero-order valence-electron chi connectivity index (χ0n) is 9.36. The number of halogens is 1. The number of fused-ring (bicyclic) bond motifs is 2. The Morgan fingerprint density at radius 2 is 1.81 bits per heavy atom. The minimum atomic E-state index is 0. The summed E-state index contributed by atoms with van der Waals surface area (Å²) in [6, 6.07) is 12.2. The lowest BCUT2D eigenvalue weighted by Crippen LogP contribution is -2.28. The van der Waals surface area contributed by atoms with Crippen LogP contribution in [0.1, 0.15) is 31.2 Å². The van der Waals surface area contributed by atoms with Gasteiger partial charge in [-0.25, -0.2) is 0 Å². The largest absolute Gasteiger partial charge is 0.307 e. The molecule has 2 bridgehead atoms. The minimum absolute atomic E-state index is 0. The Balaban J connectivity index is 0.000000963. The molecule has 2 atom stereocenters. The average Bonchev–Trinajstić information content (AvgIpc) is 2.61. The van der Waals surface area contributed by atoms with Gasteiger partial charge in [0.05, 0.1) is 0 Å². The van der Waals surface area contributed by atoms with E-state index in [4.69, 9.17) is 0 Å². The molecular weight excluding hydrogens is 218 g/mol. The van der Waals surface area contributed by atoms with E-state index < -0.39 is 0 Å². The van der Waals surface area contributed by atoms with Crippen LogP contribution in [-0.2, 0) is 0 Å². The molecule has 2 unspecified atom stereocenters. The number of benzene rings is 1. The molecule has 0 aliphatic carbocycles. The van der Waals surface area contributed by atoms with Gasteiger partial charge in [0.2, 0.25) is 0 Å². The lowest BCUT2D eigenvalue weighted by atomic mass is 9.94. The molecule has 2 heterocycles. The number of allylic oxidation sites excluding steroid dienone is 1. The zero-order valence-corrected chi connectivity index (χ0v) is 10.2. The molecule has 0 radical (unpaired) electrons. The second-order valence-electron chi connectivity index (χ2n) is 4.60. The van der Waals surface area contributed by atoms with Crippen molar-refractivity contribution < 1.29 is 0 Å². The first-order chi connectivity index (χ1) is 7.43. The third-order valence-electron chi connectivity index (χ3n) is 3.60. The van der Waals surface area contributed by atoms with Crippen LogP contribution in [0.5, 0.6) is 0 Å². The van der Waals surface area contributed by atoms with Gasteiger partial charge in [-0.1, -0.05) is 36.4 Å². The molecule has 0 aromatic heterocycles. The smallest absolute Gasteiger partial charge is 0.0326 e. The molecule has 1 fully saturated rings. The molecule has 1 saturated heterocycles. The molecule has 1 N–H and O–H groups in total. The van der Waals surface area contributed by atoms with Crippen molar-refractivity contribution in [2.24, 2.45) is 0 Å². The fourth-order valence-corrected chi connectivity index (χ4v) is 2.82. The van der Waals surface area contributed by atoms with Crippen molar-refractivity contribution in [1.29, 1.82) is 0 Å². The third-order valence-corrected chi connectivity index (χ3v) is 3.60. The van der Waals surface area contributed by atoms with E-state index in [1.807, 2.05) is 0 Å². The summed E-state index contributed by atoms with van der Waals surface area (Å²) in [6.45, 7) is 0. The summed E-state index contributed by atoms with van der Waals surface area (Å²) in [5.74, 6) is 0. The highest BCUT2D eigenvalue weighted by Gasteiger charge is 2.28. The monoisotopic (exact) mass is 235 g/mol. The Hall–Kier alpha value is -0.790. The minimum Gasteiger partial charge on any atom is -0.307 e. The third kappa shape index (κ3) is 2.16. The van der Waals surface area contributed by atoms with E-state index in [9.17, 15) is 0 Å². The van der Waals surface area contributed by atoms with Gasteiger partial charge in [-0.05, 0) is 36.8 Å². The maximum atomic E-state index is 3.73. The summed E-state index contributed by atoms with van der Waals surface area (Å²) < 4.78 is 0. The summed E-state index contributed by atoms with van der Waals surface area (Å²) in [4.78, 5) is 0. The Kier molecular flexibility index (Phi) is 3.67. The summed E-state index contributed by atoms with van der Waals surface area (Å²) >= 11 is 0. The summed E-state index contributed by atoms with van der Waals surface area (Å²) in [7, 11) is 0. The van der Waals surface area contributed by atoms with Crippen LogP contribution in [0, 0.1) is 0 Å². The van der Waals surface area contributed by atoms with E-state index in [1.165, 1.54) is 36.8 Å². The van der Waals surface area contributed by atoms with E-state index in [1.54, 1.807) is 0 Å². The van der Waals surface area contributed by atoms with Gasteiger partial charge in [0.25, 0.3) is 0 Å². The molecule has 16 heavy (non-hydrogen) atoms. The standard InChI is InChI=1S/C14H17N.ClH/c1-2-5-11(6-3-1)13-8-4-7-12-9-10-14(13)15-12;/h1-3,5-6,8,12,14-15H,4,7,9-10H2;1H. The Morgan fingerprint density at radius 1 is 1.00 bits per heavy atom. The molecule has 1 nitrogen and oxygen atoms in total. The first-order valence-electron chi connectivity index (χ1n) is 5.95. The van der Waals surface area contributed by atoms with E-state index in [0.717, 1.165) is 6.04 Å². The topological polar surface area (TPSA) is 12.0 Å². The van der Waals surface area contributed by atoms with Crippen molar-refractivity contribution >= 4 is 18.0 Å². The lowest BCUT2D eigenvalue weighted by molar-refractivity contribution is 0.559. The van der Waals surface area contributed by atoms with Crippen molar-refractivity contribution in [1.82, 2.24) is 5.32 Å². The number of hydrogen-bond acceptors (Lipinski definition) is 1. The van der Waals surface area contributed by atoms with Gasteiger partial charge in [-0.2, -0.15) is 0 Å². The van der Waals surface area contributed by atoms with Gasteiger partial charge >= 0.3 is 0 Å².